The standard InChI is InChI=1S/C22H19ClF2N6O2/c23-17-11-29-20(30-13-22(24,25)16-4-2-1-3-5-16)21(33)31(17)12-18(32)27-9-14-8-15-6-7-26-19(15)28-10-14/h1-8,10-11H,9,12-13H2,(H,26,28)(H,27,32)(H,29,30). The SMILES string of the molecule is O=C(Cn1c(Cl)cnc(NCC(F)(F)c2ccccc2)c1=O)NCc1cnc2[nH]ccc2c1. The van der Waals surface area contributed by atoms with Crippen molar-refractivity contribution in [3.05, 3.63) is 87.7 Å². The van der Waals surface area contributed by atoms with Crippen molar-refractivity contribution in [3.63, 3.8) is 0 Å². The van der Waals surface area contributed by atoms with Crippen LogP contribution in [0.5, 0.6) is 0 Å². The number of nitrogens with zero attached hydrogens (tertiary/aromatic N) is 3. The number of carbonyl (C=O) groups is 1. The maximum Gasteiger partial charge on any atom is 0.294 e. The maximum absolute atomic E-state index is 14.4. The van der Waals surface area contributed by atoms with Gasteiger partial charge in [-0.05, 0) is 17.7 Å². The van der Waals surface area contributed by atoms with Crippen LogP contribution in [0.4, 0.5) is 14.6 Å². The van der Waals surface area contributed by atoms with Crippen molar-refractivity contribution < 1.29 is 13.6 Å². The van der Waals surface area contributed by atoms with Crippen molar-refractivity contribution in [2.75, 3.05) is 11.9 Å². The van der Waals surface area contributed by atoms with Gasteiger partial charge >= 0.3 is 0 Å². The number of rotatable bonds is 8. The van der Waals surface area contributed by atoms with E-state index in [4.69, 9.17) is 11.6 Å². The van der Waals surface area contributed by atoms with Gasteiger partial charge in [-0.2, -0.15) is 8.78 Å². The first-order chi connectivity index (χ1) is 15.8. The van der Waals surface area contributed by atoms with E-state index in [1.54, 1.807) is 18.5 Å². The van der Waals surface area contributed by atoms with Crippen LogP contribution in [0.2, 0.25) is 5.15 Å². The maximum atomic E-state index is 14.4. The smallest absolute Gasteiger partial charge is 0.294 e. The van der Waals surface area contributed by atoms with Crippen molar-refractivity contribution in [2.45, 2.75) is 19.0 Å². The van der Waals surface area contributed by atoms with Gasteiger partial charge in [0.05, 0.1) is 12.7 Å². The van der Waals surface area contributed by atoms with Crippen LogP contribution in [-0.4, -0.2) is 32.0 Å². The second kappa shape index (κ2) is 9.37. The zero-order valence-corrected chi connectivity index (χ0v) is 17.9. The van der Waals surface area contributed by atoms with Gasteiger partial charge in [0.2, 0.25) is 5.91 Å². The molecule has 0 saturated carbocycles. The molecule has 3 aromatic heterocycles. The van der Waals surface area contributed by atoms with Crippen molar-refractivity contribution in [2.24, 2.45) is 0 Å². The number of alkyl halides is 2. The van der Waals surface area contributed by atoms with Crippen LogP contribution in [0, 0.1) is 0 Å². The quantitative estimate of drug-likeness (QED) is 0.365. The second-order valence-electron chi connectivity index (χ2n) is 7.28. The van der Waals surface area contributed by atoms with Crippen LogP contribution in [0.3, 0.4) is 0 Å². The van der Waals surface area contributed by atoms with Gasteiger partial charge in [0.1, 0.15) is 17.3 Å². The fraction of sp³-hybridized carbons (Fsp3) is 0.182. The number of halogens is 3. The molecule has 0 unspecified atom stereocenters. The van der Waals surface area contributed by atoms with E-state index in [1.165, 1.54) is 24.3 Å². The number of anilines is 1. The molecule has 8 nitrogen and oxygen atoms in total. The Hall–Kier alpha value is -3.79. The van der Waals surface area contributed by atoms with Crippen molar-refractivity contribution in [1.82, 2.24) is 24.8 Å². The Morgan fingerprint density at radius 2 is 1.94 bits per heavy atom. The van der Waals surface area contributed by atoms with E-state index >= 15 is 0 Å². The third-order valence-electron chi connectivity index (χ3n) is 4.93. The highest BCUT2D eigenvalue weighted by atomic mass is 35.5. The van der Waals surface area contributed by atoms with E-state index in [2.05, 4.69) is 25.6 Å². The Kier molecular flexibility index (Phi) is 6.36. The molecule has 1 amide bonds. The molecular weight excluding hydrogens is 454 g/mol. The van der Waals surface area contributed by atoms with Crippen LogP contribution in [0.1, 0.15) is 11.1 Å². The van der Waals surface area contributed by atoms with Gasteiger partial charge in [-0.3, -0.25) is 14.2 Å². The third kappa shape index (κ3) is 5.17. The summed E-state index contributed by atoms with van der Waals surface area (Å²) in [6.07, 6.45) is 4.52. The zero-order chi connectivity index (χ0) is 23.4. The second-order valence-corrected chi connectivity index (χ2v) is 7.67. The molecule has 0 aliphatic rings. The Labute approximate surface area is 191 Å². The molecule has 3 N–H and O–H groups in total. The number of carbonyl (C=O) groups excluding carboxylic acids is 1. The lowest BCUT2D eigenvalue weighted by Crippen LogP contribution is -2.35. The average Bonchev–Trinajstić information content (AvgIpc) is 3.28. The van der Waals surface area contributed by atoms with E-state index in [0.29, 0.717) is 0 Å². The first kappa shape index (κ1) is 22.4. The number of hydrogen-bond acceptors (Lipinski definition) is 5. The third-order valence-corrected chi connectivity index (χ3v) is 5.23. The van der Waals surface area contributed by atoms with E-state index in [9.17, 15) is 18.4 Å². The number of aromatic nitrogens is 4. The molecule has 1 aromatic carbocycles. The summed E-state index contributed by atoms with van der Waals surface area (Å²) in [7, 11) is 0. The molecule has 0 radical (unpaired) electrons. The molecule has 4 aromatic rings. The Balaban J connectivity index is 1.41. The van der Waals surface area contributed by atoms with Crippen molar-refractivity contribution in [3.8, 4) is 0 Å². The number of nitrogens with one attached hydrogen (secondary N) is 3. The number of pyridine rings is 1. The summed E-state index contributed by atoms with van der Waals surface area (Å²) in [5, 5.41) is 5.87. The number of H-pyrrole nitrogens is 1. The van der Waals surface area contributed by atoms with Gasteiger partial charge in [0.25, 0.3) is 11.5 Å². The van der Waals surface area contributed by atoms with Gasteiger partial charge < -0.3 is 15.6 Å². The topological polar surface area (TPSA) is 105 Å². The molecule has 3 heterocycles. The number of amides is 1. The van der Waals surface area contributed by atoms with Gasteiger partial charge in [-0.25, -0.2) is 9.97 Å². The highest BCUT2D eigenvalue weighted by Gasteiger charge is 2.31. The largest absolute Gasteiger partial charge is 0.359 e. The molecule has 0 fully saturated rings. The molecule has 11 heteroatoms. The van der Waals surface area contributed by atoms with E-state index in [0.717, 1.165) is 27.4 Å². The Morgan fingerprint density at radius 1 is 1.15 bits per heavy atom. The van der Waals surface area contributed by atoms with Crippen LogP contribution < -0.4 is 16.2 Å². The lowest BCUT2D eigenvalue weighted by Gasteiger charge is -2.18. The average molecular weight is 473 g/mol. The molecular formula is C22H19ClF2N6O2. The van der Waals surface area contributed by atoms with Gasteiger partial charge in [0, 0.05) is 29.9 Å². The lowest BCUT2D eigenvalue weighted by molar-refractivity contribution is -0.121. The predicted octanol–water partition coefficient (Wildman–Crippen LogP) is 3.29. The summed E-state index contributed by atoms with van der Waals surface area (Å²) in [6, 6.07) is 11.0. The van der Waals surface area contributed by atoms with Crippen molar-refractivity contribution >= 4 is 34.4 Å². The zero-order valence-electron chi connectivity index (χ0n) is 17.2. The molecule has 0 aliphatic heterocycles. The van der Waals surface area contributed by atoms with E-state index < -0.39 is 30.5 Å². The highest BCUT2D eigenvalue weighted by molar-refractivity contribution is 6.29. The summed E-state index contributed by atoms with van der Waals surface area (Å²) in [6.45, 7) is -1.05. The minimum atomic E-state index is -3.23. The van der Waals surface area contributed by atoms with Gasteiger partial charge in [-0.15, -0.1) is 0 Å². The van der Waals surface area contributed by atoms with Crippen LogP contribution in [0.15, 0.2) is 65.8 Å². The lowest BCUT2D eigenvalue weighted by atomic mass is 10.1. The monoisotopic (exact) mass is 472 g/mol. The number of hydrogen-bond donors (Lipinski definition) is 3. The summed E-state index contributed by atoms with van der Waals surface area (Å²) < 4.78 is 29.8. The summed E-state index contributed by atoms with van der Waals surface area (Å²) in [5.41, 5.74) is 0.530. The fourth-order valence-electron chi connectivity index (χ4n) is 3.20. The van der Waals surface area contributed by atoms with Crippen LogP contribution >= 0.6 is 11.6 Å². The van der Waals surface area contributed by atoms with Gasteiger partial charge in [-0.1, -0.05) is 41.9 Å². The molecule has 170 valence electrons. The van der Waals surface area contributed by atoms with Crippen molar-refractivity contribution in [1.29, 1.82) is 0 Å². The number of fused-ring (bicyclic) bond motifs is 1. The van der Waals surface area contributed by atoms with Crippen LogP contribution in [0.25, 0.3) is 11.0 Å². The highest BCUT2D eigenvalue weighted by Crippen LogP contribution is 2.27. The first-order valence-electron chi connectivity index (χ1n) is 9.95. The Morgan fingerprint density at radius 3 is 2.73 bits per heavy atom. The first-order valence-corrected chi connectivity index (χ1v) is 10.3. The molecule has 4 rings (SSSR count). The Bertz CT molecular complexity index is 1340. The molecule has 0 saturated heterocycles. The molecule has 0 aliphatic carbocycles. The summed E-state index contributed by atoms with van der Waals surface area (Å²) in [5.74, 6) is -4.05. The van der Waals surface area contributed by atoms with E-state index in [1.807, 2.05) is 12.1 Å². The number of aromatic amines is 1. The predicted molar refractivity (Wildman–Crippen MR) is 120 cm³/mol. The summed E-state index contributed by atoms with van der Waals surface area (Å²) in [4.78, 5) is 36.1. The minimum Gasteiger partial charge on any atom is -0.359 e. The summed E-state index contributed by atoms with van der Waals surface area (Å²) >= 11 is 6.03. The normalized spacial score (nSPS) is 11.5. The molecule has 33 heavy (non-hydrogen) atoms. The van der Waals surface area contributed by atoms with Crippen LogP contribution in [-0.2, 0) is 23.8 Å². The van der Waals surface area contributed by atoms with Gasteiger partial charge in [0.15, 0.2) is 5.82 Å². The molecule has 0 spiro atoms. The number of benzene rings is 1. The van der Waals surface area contributed by atoms with E-state index in [-0.39, 0.29) is 23.1 Å². The minimum absolute atomic E-state index is 0.0917. The fourth-order valence-corrected chi connectivity index (χ4v) is 3.38. The molecule has 0 atom stereocenters. The molecule has 0 bridgehead atoms.